The molecule has 1 aromatic heterocycles. The maximum atomic E-state index is 6.06. The number of hydrogen-bond donors (Lipinski definition) is 0. The highest BCUT2D eigenvalue weighted by atomic mass is 35.5. The van der Waals surface area contributed by atoms with E-state index in [1.165, 1.54) is 0 Å². The summed E-state index contributed by atoms with van der Waals surface area (Å²) in [7, 11) is 2.12. The van der Waals surface area contributed by atoms with Gasteiger partial charge in [0.15, 0.2) is 0 Å². The van der Waals surface area contributed by atoms with Gasteiger partial charge in [-0.25, -0.2) is 0 Å². The fourth-order valence-corrected chi connectivity index (χ4v) is 2.53. The summed E-state index contributed by atoms with van der Waals surface area (Å²) in [5.74, 6) is 1.34. The molecule has 2 fully saturated rings. The number of nitrogens with zero attached hydrogens (tertiary/aromatic N) is 6. The van der Waals surface area contributed by atoms with Gasteiger partial charge in [-0.15, -0.1) is 0 Å². The van der Waals surface area contributed by atoms with Crippen molar-refractivity contribution in [1.29, 1.82) is 0 Å². The summed E-state index contributed by atoms with van der Waals surface area (Å²) in [6.07, 6.45) is 0. The molecule has 2 aliphatic rings. The fraction of sp³-hybridized carbons (Fsp3) is 0.750. The summed E-state index contributed by atoms with van der Waals surface area (Å²) in [6, 6.07) is 0. The molecule has 20 heavy (non-hydrogen) atoms. The highest BCUT2D eigenvalue weighted by Gasteiger charge is 2.21. The third kappa shape index (κ3) is 3.11. The molecule has 3 rings (SSSR count). The van der Waals surface area contributed by atoms with Gasteiger partial charge in [-0.05, 0) is 18.6 Å². The third-order valence-electron chi connectivity index (χ3n) is 3.66. The molecule has 0 radical (unpaired) electrons. The maximum absolute atomic E-state index is 6.06. The minimum absolute atomic E-state index is 0.260. The molecular formula is C12H19ClN6O. The van der Waals surface area contributed by atoms with Crippen molar-refractivity contribution < 1.29 is 4.74 Å². The van der Waals surface area contributed by atoms with Gasteiger partial charge in [0, 0.05) is 39.3 Å². The zero-order chi connectivity index (χ0) is 13.9. The van der Waals surface area contributed by atoms with Gasteiger partial charge in [0.1, 0.15) is 0 Å². The first-order chi connectivity index (χ1) is 9.72. The quantitative estimate of drug-likeness (QED) is 0.768. The third-order valence-corrected chi connectivity index (χ3v) is 3.83. The van der Waals surface area contributed by atoms with Gasteiger partial charge >= 0.3 is 0 Å². The first kappa shape index (κ1) is 13.8. The zero-order valence-electron chi connectivity index (χ0n) is 11.6. The normalized spacial score (nSPS) is 21.3. The van der Waals surface area contributed by atoms with Crippen molar-refractivity contribution in [3.8, 4) is 0 Å². The standard InChI is InChI=1S/C12H19ClN6O/c1-17-2-4-18(5-3-17)11-14-10(13)15-12(16-11)19-6-8-20-9-7-19/h2-9H2,1H3. The number of likely N-dealkylation sites (N-methyl/N-ethyl adjacent to an activating group) is 1. The van der Waals surface area contributed by atoms with Crippen LogP contribution in [0, 0.1) is 0 Å². The predicted octanol–water partition coefficient (Wildman–Crippen LogP) is 0.113. The lowest BCUT2D eigenvalue weighted by molar-refractivity contribution is 0.122. The van der Waals surface area contributed by atoms with Gasteiger partial charge in [0.05, 0.1) is 13.2 Å². The van der Waals surface area contributed by atoms with E-state index in [2.05, 4.69) is 36.7 Å². The Morgan fingerprint density at radius 2 is 1.40 bits per heavy atom. The highest BCUT2D eigenvalue weighted by Crippen LogP contribution is 2.18. The van der Waals surface area contributed by atoms with Crippen molar-refractivity contribution in [2.24, 2.45) is 0 Å². The Labute approximate surface area is 123 Å². The molecule has 0 atom stereocenters. The predicted molar refractivity (Wildman–Crippen MR) is 77.6 cm³/mol. The molecule has 2 saturated heterocycles. The second-order valence-electron chi connectivity index (χ2n) is 5.09. The van der Waals surface area contributed by atoms with Gasteiger partial charge < -0.3 is 19.4 Å². The number of halogens is 1. The molecule has 2 aliphatic heterocycles. The molecule has 3 heterocycles. The Hall–Kier alpha value is -1.18. The van der Waals surface area contributed by atoms with Gasteiger partial charge in [-0.2, -0.15) is 15.0 Å². The Kier molecular flexibility index (Phi) is 4.18. The molecular weight excluding hydrogens is 280 g/mol. The molecule has 0 unspecified atom stereocenters. The Balaban J connectivity index is 1.79. The molecule has 0 aromatic carbocycles. The summed E-state index contributed by atoms with van der Waals surface area (Å²) in [5.41, 5.74) is 0. The maximum Gasteiger partial charge on any atom is 0.231 e. The number of aromatic nitrogens is 3. The van der Waals surface area contributed by atoms with Gasteiger partial charge in [-0.1, -0.05) is 0 Å². The number of anilines is 2. The van der Waals surface area contributed by atoms with Crippen LogP contribution in [0.3, 0.4) is 0 Å². The van der Waals surface area contributed by atoms with Crippen LogP contribution in [0.5, 0.6) is 0 Å². The molecule has 0 amide bonds. The minimum atomic E-state index is 0.260. The summed E-state index contributed by atoms with van der Waals surface area (Å²) in [5, 5.41) is 0.260. The average Bonchev–Trinajstić information content (AvgIpc) is 2.48. The minimum Gasteiger partial charge on any atom is -0.378 e. The monoisotopic (exact) mass is 298 g/mol. The van der Waals surface area contributed by atoms with E-state index in [-0.39, 0.29) is 5.28 Å². The van der Waals surface area contributed by atoms with E-state index in [1.807, 2.05) is 0 Å². The lowest BCUT2D eigenvalue weighted by Gasteiger charge is -2.33. The zero-order valence-corrected chi connectivity index (χ0v) is 12.4. The Morgan fingerprint density at radius 1 is 0.850 bits per heavy atom. The van der Waals surface area contributed by atoms with Crippen molar-refractivity contribution in [2.45, 2.75) is 0 Å². The molecule has 0 saturated carbocycles. The summed E-state index contributed by atoms with van der Waals surface area (Å²) in [6.45, 7) is 6.84. The van der Waals surface area contributed by atoms with Crippen molar-refractivity contribution in [1.82, 2.24) is 19.9 Å². The van der Waals surface area contributed by atoms with E-state index in [0.29, 0.717) is 25.1 Å². The largest absolute Gasteiger partial charge is 0.378 e. The van der Waals surface area contributed by atoms with Crippen LogP contribution in [0.25, 0.3) is 0 Å². The van der Waals surface area contributed by atoms with Crippen molar-refractivity contribution in [3.05, 3.63) is 5.28 Å². The SMILES string of the molecule is CN1CCN(c2nc(Cl)nc(N3CCOCC3)n2)CC1. The van der Waals surface area contributed by atoms with Crippen molar-refractivity contribution in [3.63, 3.8) is 0 Å². The topological polar surface area (TPSA) is 57.6 Å². The number of piperazine rings is 1. The van der Waals surface area contributed by atoms with Crippen molar-refractivity contribution >= 4 is 23.5 Å². The van der Waals surface area contributed by atoms with E-state index >= 15 is 0 Å². The fourth-order valence-electron chi connectivity index (χ4n) is 2.38. The van der Waals surface area contributed by atoms with E-state index in [4.69, 9.17) is 16.3 Å². The van der Waals surface area contributed by atoms with E-state index in [1.54, 1.807) is 0 Å². The lowest BCUT2D eigenvalue weighted by Crippen LogP contribution is -2.45. The van der Waals surface area contributed by atoms with Gasteiger partial charge in [0.2, 0.25) is 17.2 Å². The van der Waals surface area contributed by atoms with Crippen LogP contribution >= 0.6 is 11.6 Å². The lowest BCUT2D eigenvalue weighted by atomic mass is 10.3. The number of morpholine rings is 1. The van der Waals surface area contributed by atoms with E-state index in [0.717, 1.165) is 39.3 Å². The van der Waals surface area contributed by atoms with Gasteiger partial charge in [-0.3, -0.25) is 0 Å². The molecule has 0 spiro atoms. The van der Waals surface area contributed by atoms with E-state index < -0.39 is 0 Å². The molecule has 0 N–H and O–H groups in total. The van der Waals surface area contributed by atoms with Gasteiger partial charge in [0.25, 0.3) is 0 Å². The molecule has 8 heteroatoms. The van der Waals surface area contributed by atoms with Crippen LogP contribution in [-0.4, -0.2) is 79.4 Å². The highest BCUT2D eigenvalue weighted by molar-refractivity contribution is 6.28. The van der Waals surface area contributed by atoms with E-state index in [9.17, 15) is 0 Å². The van der Waals surface area contributed by atoms with Crippen LogP contribution in [-0.2, 0) is 4.74 Å². The second kappa shape index (κ2) is 6.07. The Morgan fingerprint density at radius 3 is 2.00 bits per heavy atom. The van der Waals surface area contributed by atoms with Crippen LogP contribution in [0.15, 0.2) is 0 Å². The molecule has 0 aliphatic carbocycles. The van der Waals surface area contributed by atoms with Crippen LogP contribution in [0.1, 0.15) is 0 Å². The van der Waals surface area contributed by atoms with Crippen molar-refractivity contribution in [2.75, 3.05) is 69.3 Å². The number of ether oxygens (including phenoxy) is 1. The summed E-state index contributed by atoms with van der Waals surface area (Å²) < 4.78 is 5.35. The molecule has 7 nitrogen and oxygen atoms in total. The van der Waals surface area contributed by atoms with Crippen LogP contribution in [0.4, 0.5) is 11.9 Å². The summed E-state index contributed by atoms with van der Waals surface area (Å²) in [4.78, 5) is 19.6. The Bertz CT molecular complexity index is 459. The van der Waals surface area contributed by atoms with Crippen LogP contribution in [0.2, 0.25) is 5.28 Å². The molecule has 110 valence electrons. The number of rotatable bonds is 2. The second-order valence-corrected chi connectivity index (χ2v) is 5.43. The number of hydrogen-bond acceptors (Lipinski definition) is 7. The molecule has 0 bridgehead atoms. The smallest absolute Gasteiger partial charge is 0.231 e. The van der Waals surface area contributed by atoms with Crippen LogP contribution < -0.4 is 9.80 Å². The summed E-state index contributed by atoms with van der Waals surface area (Å²) >= 11 is 6.06. The molecule has 1 aromatic rings. The first-order valence-corrected chi connectivity index (χ1v) is 7.28. The first-order valence-electron chi connectivity index (χ1n) is 6.90. The average molecular weight is 299 g/mol.